The van der Waals surface area contributed by atoms with E-state index in [1.54, 1.807) is 42.5 Å². The summed E-state index contributed by atoms with van der Waals surface area (Å²) in [7, 11) is -4.19. The maximum absolute atomic E-state index is 14.6. The van der Waals surface area contributed by atoms with Crippen LogP contribution in [0.15, 0.2) is 114 Å². The lowest BCUT2D eigenvalue weighted by atomic mass is 9.94. The van der Waals surface area contributed by atoms with Crippen molar-refractivity contribution in [3.05, 3.63) is 132 Å². The Morgan fingerprint density at radius 1 is 0.792 bits per heavy atom. The van der Waals surface area contributed by atoms with E-state index in [-0.39, 0.29) is 35.7 Å². The number of benzene rings is 4. The molecule has 2 amide bonds. The monoisotopic (exact) mass is 669 g/mol. The van der Waals surface area contributed by atoms with Crippen LogP contribution in [-0.2, 0) is 32.6 Å². The van der Waals surface area contributed by atoms with Crippen molar-refractivity contribution >= 4 is 27.5 Å². The van der Waals surface area contributed by atoms with Crippen LogP contribution in [0.3, 0.4) is 0 Å². The molecule has 4 aromatic rings. The first kappa shape index (κ1) is 34.8. The van der Waals surface area contributed by atoms with Crippen molar-refractivity contribution in [3.63, 3.8) is 0 Å². The van der Waals surface area contributed by atoms with E-state index in [0.717, 1.165) is 47.5 Å². The van der Waals surface area contributed by atoms with Crippen molar-refractivity contribution < 1.29 is 22.4 Å². The Morgan fingerprint density at radius 3 is 2.00 bits per heavy atom. The summed E-state index contributed by atoms with van der Waals surface area (Å²) in [5.41, 5.74) is 2.84. The molecule has 4 aromatic carbocycles. The van der Waals surface area contributed by atoms with Crippen LogP contribution in [0.4, 0.5) is 10.1 Å². The smallest absolute Gasteiger partial charge is 0.264 e. The molecule has 0 saturated heterocycles. The van der Waals surface area contributed by atoms with Gasteiger partial charge in [-0.3, -0.25) is 13.9 Å². The van der Waals surface area contributed by atoms with Crippen molar-refractivity contribution in [2.75, 3.05) is 10.8 Å². The minimum Gasteiger partial charge on any atom is -0.352 e. The van der Waals surface area contributed by atoms with Gasteiger partial charge in [-0.15, -0.1) is 0 Å². The van der Waals surface area contributed by atoms with Gasteiger partial charge in [-0.1, -0.05) is 106 Å². The van der Waals surface area contributed by atoms with Gasteiger partial charge in [0.1, 0.15) is 18.4 Å². The molecule has 0 aliphatic heterocycles. The third kappa shape index (κ3) is 8.89. The van der Waals surface area contributed by atoms with E-state index in [2.05, 4.69) is 19.2 Å². The molecule has 1 N–H and O–H groups in total. The first-order chi connectivity index (χ1) is 23.1. The van der Waals surface area contributed by atoms with E-state index < -0.39 is 34.3 Å². The van der Waals surface area contributed by atoms with E-state index >= 15 is 0 Å². The molecular weight excluding hydrogens is 626 g/mol. The molecule has 0 heterocycles. The van der Waals surface area contributed by atoms with Crippen LogP contribution in [0.25, 0.3) is 0 Å². The number of anilines is 1. The summed E-state index contributed by atoms with van der Waals surface area (Å²) in [6.45, 7) is 3.55. The van der Waals surface area contributed by atoms with Crippen LogP contribution in [0.2, 0.25) is 0 Å². The first-order valence-corrected chi connectivity index (χ1v) is 18.1. The predicted octanol–water partition coefficient (Wildman–Crippen LogP) is 7.23. The Morgan fingerprint density at radius 2 is 1.40 bits per heavy atom. The quantitative estimate of drug-likeness (QED) is 0.163. The van der Waals surface area contributed by atoms with Gasteiger partial charge in [0.2, 0.25) is 11.8 Å². The fourth-order valence-corrected chi connectivity index (χ4v) is 7.59. The second kappa shape index (κ2) is 16.1. The molecule has 1 unspecified atom stereocenters. The van der Waals surface area contributed by atoms with Gasteiger partial charge in [0.05, 0.1) is 10.6 Å². The summed E-state index contributed by atoms with van der Waals surface area (Å²) in [4.78, 5) is 30.3. The summed E-state index contributed by atoms with van der Waals surface area (Å²) in [5, 5.41) is 3.20. The summed E-state index contributed by atoms with van der Waals surface area (Å²) in [5.74, 6) is -1.03. The Bertz CT molecular complexity index is 1740. The highest BCUT2D eigenvalue weighted by atomic mass is 32.2. The van der Waals surface area contributed by atoms with Crippen LogP contribution in [0.5, 0.6) is 0 Å². The number of halogens is 1. The molecule has 1 aliphatic carbocycles. The maximum Gasteiger partial charge on any atom is 0.264 e. The second-order valence-corrected chi connectivity index (χ2v) is 14.6. The maximum atomic E-state index is 14.6. The van der Waals surface area contributed by atoms with Crippen LogP contribution < -0.4 is 9.62 Å². The van der Waals surface area contributed by atoms with Gasteiger partial charge in [-0.05, 0) is 71.8 Å². The molecule has 252 valence electrons. The minimum atomic E-state index is -4.19. The third-order valence-electron chi connectivity index (χ3n) is 8.95. The Hall–Kier alpha value is -4.50. The Labute approximate surface area is 283 Å². The average Bonchev–Trinajstić information content (AvgIpc) is 3.10. The molecule has 0 bridgehead atoms. The number of sulfonamides is 1. The lowest BCUT2D eigenvalue weighted by Gasteiger charge is -2.35. The number of nitrogens with one attached hydrogen (secondary N) is 1. The molecule has 5 rings (SSSR count). The largest absolute Gasteiger partial charge is 0.352 e. The third-order valence-corrected chi connectivity index (χ3v) is 10.7. The lowest BCUT2D eigenvalue weighted by molar-refractivity contribution is -0.140. The molecule has 1 aliphatic rings. The minimum absolute atomic E-state index is 0.00160. The van der Waals surface area contributed by atoms with Crippen molar-refractivity contribution in [2.45, 2.75) is 81.8 Å². The van der Waals surface area contributed by atoms with E-state index in [4.69, 9.17) is 0 Å². The van der Waals surface area contributed by atoms with Crippen molar-refractivity contribution in [3.8, 4) is 0 Å². The fraction of sp³-hybridized carbons (Fsp3) is 0.333. The normalized spacial score (nSPS) is 14.3. The van der Waals surface area contributed by atoms with E-state index in [1.165, 1.54) is 29.2 Å². The zero-order valence-corrected chi connectivity index (χ0v) is 28.4. The van der Waals surface area contributed by atoms with Gasteiger partial charge >= 0.3 is 0 Å². The standard InChI is InChI=1S/C39H44FN3O4S/c1-29(2)32-20-24-35(25-21-32)43(48(46,47)36-16-10-5-11-17-36)28-38(44)42(27-31-18-22-33(40)23-19-31)37(26-30-12-6-3-7-13-30)39(45)41-34-14-8-4-9-15-34/h3,5-7,10-13,16-25,29,34,37H,4,8-9,14-15,26-28H2,1-2H3,(H,41,45). The van der Waals surface area contributed by atoms with Gasteiger partial charge in [-0.2, -0.15) is 0 Å². The van der Waals surface area contributed by atoms with Crippen molar-refractivity contribution in [2.24, 2.45) is 0 Å². The van der Waals surface area contributed by atoms with Crippen molar-refractivity contribution in [1.82, 2.24) is 10.2 Å². The highest BCUT2D eigenvalue weighted by Crippen LogP contribution is 2.27. The Kier molecular flexibility index (Phi) is 11.7. The number of carbonyl (C=O) groups is 2. The summed E-state index contributed by atoms with van der Waals surface area (Å²) < 4.78 is 43.4. The SMILES string of the molecule is CC(C)c1ccc(N(CC(=O)N(Cc2ccc(F)cc2)C(Cc2ccccc2)C(=O)NC2CCCCC2)S(=O)(=O)c2ccccc2)cc1. The van der Waals surface area contributed by atoms with Gasteiger partial charge in [-0.25, -0.2) is 12.8 Å². The van der Waals surface area contributed by atoms with Gasteiger partial charge in [0.25, 0.3) is 10.0 Å². The molecule has 48 heavy (non-hydrogen) atoms. The van der Waals surface area contributed by atoms with Gasteiger partial charge < -0.3 is 10.2 Å². The van der Waals surface area contributed by atoms with E-state index in [1.807, 2.05) is 42.5 Å². The van der Waals surface area contributed by atoms with Crippen molar-refractivity contribution in [1.29, 1.82) is 0 Å². The molecule has 0 radical (unpaired) electrons. The average molecular weight is 670 g/mol. The summed E-state index contributed by atoms with van der Waals surface area (Å²) in [6, 6.07) is 29.5. The zero-order chi connectivity index (χ0) is 34.1. The second-order valence-electron chi connectivity index (χ2n) is 12.8. The van der Waals surface area contributed by atoms with Crippen LogP contribution in [0, 0.1) is 5.82 Å². The van der Waals surface area contributed by atoms with Crippen LogP contribution >= 0.6 is 0 Å². The predicted molar refractivity (Wildman–Crippen MR) is 187 cm³/mol. The highest BCUT2D eigenvalue weighted by Gasteiger charge is 2.35. The van der Waals surface area contributed by atoms with Gasteiger partial charge in [0, 0.05) is 19.0 Å². The number of nitrogens with zero attached hydrogens (tertiary/aromatic N) is 2. The molecule has 7 nitrogen and oxygen atoms in total. The topological polar surface area (TPSA) is 86.8 Å². The number of hydrogen-bond acceptors (Lipinski definition) is 4. The van der Waals surface area contributed by atoms with Gasteiger partial charge in [0.15, 0.2) is 0 Å². The summed E-state index contributed by atoms with van der Waals surface area (Å²) >= 11 is 0. The molecule has 0 spiro atoms. The number of carbonyl (C=O) groups excluding carboxylic acids is 2. The molecule has 1 fully saturated rings. The zero-order valence-electron chi connectivity index (χ0n) is 27.6. The molecule has 9 heteroatoms. The Balaban J connectivity index is 1.56. The van der Waals surface area contributed by atoms with E-state index in [9.17, 15) is 22.4 Å². The lowest BCUT2D eigenvalue weighted by Crippen LogP contribution is -2.55. The number of rotatable bonds is 13. The van der Waals surface area contributed by atoms with E-state index in [0.29, 0.717) is 11.3 Å². The molecule has 1 atom stereocenters. The fourth-order valence-electron chi connectivity index (χ4n) is 6.16. The molecule has 0 aromatic heterocycles. The first-order valence-electron chi connectivity index (χ1n) is 16.7. The highest BCUT2D eigenvalue weighted by molar-refractivity contribution is 7.92. The summed E-state index contributed by atoms with van der Waals surface area (Å²) in [6.07, 6.45) is 5.12. The van der Waals surface area contributed by atoms with Crippen LogP contribution in [0.1, 0.15) is 68.6 Å². The number of amides is 2. The number of hydrogen-bond donors (Lipinski definition) is 1. The molecular formula is C39H44FN3O4S. The van der Waals surface area contributed by atoms with Crippen LogP contribution in [-0.4, -0.2) is 43.8 Å². The molecule has 1 saturated carbocycles.